The van der Waals surface area contributed by atoms with Crippen LogP contribution >= 0.6 is 0 Å². The van der Waals surface area contributed by atoms with Gasteiger partial charge in [0.05, 0.1) is 8.07 Å². The zero-order valence-electron chi connectivity index (χ0n) is 16.7. The van der Waals surface area contributed by atoms with Gasteiger partial charge in [-0.1, -0.05) is 105 Å². The maximum atomic E-state index is 2.85. The molecule has 0 saturated carbocycles. The van der Waals surface area contributed by atoms with Crippen LogP contribution in [-0.4, -0.2) is 34.2 Å². The predicted octanol–water partition coefficient (Wildman–Crippen LogP) is 5.11. The van der Waals surface area contributed by atoms with E-state index < -0.39 is 16.3 Å². The third-order valence-corrected chi connectivity index (χ3v) is 9.17. The van der Waals surface area contributed by atoms with Crippen LogP contribution in [0, 0.1) is 0 Å². The Labute approximate surface area is 152 Å². The van der Waals surface area contributed by atoms with Crippen LogP contribution in [0.4, 0.5) is 0 Å². The van der Waals surface area contributed by atoms with E-state index in [-0.39, 0.29) is 0 Å². The topological polar surface area (TPSA) is 3.24 Å². The molecule has 0 saturated heterocycles. The first kappa shape index (κ1) is 19.5. The molecule has 0 spiro atoms. The van der Waals surface area contributed by atoms with Crippen molar-refractivity contribution in [1.82, 2.24) is 4.48 Å². The van der Waals surface area contributed by atoms with Crippen LogP contribution in [0.5, 0.6) is 0 Å². The van der Waals surface area contributed by atoms with Gasteiger partial charge in [0.1, 0.15) is 8.24 Å². The Kier molecular flexibility index (Phi) is 6.16. The highest BCUT2D eigenvalue weighted by molar-refractivity contribution is 6.93. The molecule has 0 N–H and O–H groups in total. The first-order valence-corrected chi connectivity index (χ1v) is 16.3. The van der Waals surface area contributed by atoms with Crippen LogP contribution in [-0.2, 0) is 0 Å². The summed E-state index contributed by atoms with van der Waals surface area (Å²) in [5.41, 5.74) is 3.15. The highest BCUT2D eigenvalue weighted by Crippen LogP contribution is 2.31. The monoisotopic (exact) mass is 355 g/mol. The van der Waals surface area contributed by atoms with E-state index in [1.165, 1.54) is 18.4 Å². The Hall–Kier alpha value is -0.841. The van der Waals surface area contributed by atoms with Crippen molar-refractivity contribution in [2.45, 2.75) is 59.0 Å². The number of allylic oxidation sites excluding steroid dienone is 4. The van der Waals surface area contributed by atoms with E-state index in [0.717, 1.165) is 6.42 Å². The van der Waals surface area contributed by atoms with E-state index in [1.54, 1.807) is 10.7 Å². The van der Waals surface area contributed by atoms with Crippen molar-refractivity contribution in [2.24, 2.45) is 0 Å². The quantitative estimate of drug-likeness (QED) is 0.615. The van der Waals surface area contributed by atoms with E-state index in [9.17, 15) is 0 Å². The lowest BCUT2D eigenvalue weighted by Crippen LogP contribution is -2.61. The molecule has 24 heavy (non-hydrogen) atoms. The predicted molar refractivity (Wildman–Crippen MR) is 116 cm³/mol. The fourth-order valence-electron chi connectivity index (χ4n) is 3.81. The van der Waals surface area contributed by atoms with Crippen molar-refractivity contribution in [1.29, 1.82) is 0 Å². The minimum Gasteiger partial charge on any atom is -0.357 e. The molecule has 0 radical (unpaired) electrons. The van der Waals surface area contributed by atoms with Gasteiger partial charge in [0.15, 0.2) is 0 Å². The standard InChI is InChI=1S/C20H34BNSi2/c1-8-17-22(24(5,6)7)21(18-13-10-9-11-14-18)19-15-12-16-20(19)23(2,3)4/h9-14,16H,8,15,17H2,1-7H3. The second-order valence-corrected chi connectivity index (χ2v) is 18.9. The summed E-state index contributed by atoms with van der Waals surface area (Å²) in [6.07, 6.45) is 7.18. The molecule has 1 nitrogen and oxygen atoms in total. The lowest BCUT2D eigenvalue weighted by atomic mass is 9.49. The van der Waals surface area contributed by atoms with E-state index in [2.05, 4.69) is 93.2 Å². The van der Waals surface area contributed by atoms with Crippen LogP contribution in [0.15, 0.2) is 53.2 Å². The summed E-state index contributed by atoms with van der Waals surface area (Å²) in [4.78, 5) is 0. The molecule has 1 aromatic rings. The molecule has 2 rings (SSSR count). The fourth-order valence-corrected chi connectivity index (χ4v) is 7.60. The van der Waals surface area contributed by atoms with Gasteiger partial charge in [-0.15, -0.1) is 0 Å². The highest BCUT2D eigenvalue weighted by Gasteiger charge is 2.39. The number of benzene rings is 1. The van der Waals surface area contributed by atoms with Crippen LogP contribution in [0.1, 0.15) is 19.8 Å². The molecule has 0 atom stereocenters. The van der Waals surface area contributed by atoms with Gasteiger partial charge < -0.3 is 4.48 Å². The van der Waals surface area contributed by atoms with Crippen molar-refractivity contribution in [2.75, 3.05) is 6.54 Å². The first-order valence-electron chi connectivity index (χ1n) is 9.38. The average molecular weight is 355 g/mol. The fraction of sp³-hybridized carbons (Fsp3) is 0.500. The first-order chi connectivity index (χ1) is 11.2. The SMILES string of the molecule is CCCN(B(C1=C([Si](C)(C)C)C=CC1)c1ccccc1)[Si](C)(C)C. The van der Waals surface area contributed by atoms with E-state index in [0.29, 0.717) is 6.85 Å². The average Bonchev–Trinajstić information content (AvgIpc) is 2.96. The molecule has 1 aliphatic rings. The molecule has 1 aromatic carbocycles. The summed E-state index contributed by atoms with van der Waals surface area (Å²) < 4.78 is 2.85. The summed E-state index contributed by atoms with van der Waals surface area (Å²) in [7, 11) is -2.75. The molecule has 4 heteroatoms. The van der Waals surface area contributed by atoms with Gasteiger partial charge in [-0.05, 0) is 19.4 Å². The van der Waals surface area contributed by atoms with E-state index >= 15 is 0 Å². The molecular weight excluding hydrogens is 321 g/mol. The molecular formula is C20H34BNSi2. The minimum atomic E-state index is -1.42. The smallest absolute Gasteiger partial charge is 0.281 e. The molecule has 0 bridgehead atoms. The Morgan fingerprint density at radius 2 is 1.62 bits per heavy atom. The van der Waals surface area contributed by atoms with Crippen LogP contribution < -0.4 is 5.46 Å². The molecule has 0 aromatic heterocycles. The third-order valence-electron chi connectivity index (χ3n) is 4.86. The van der Waals surface area contributed by atoms with Crippen molar-refractivity contribution < 1.29 is 0 Å². The van der Waals surface area contributed by atoms with Crippen molar-refractivity contribution >= 4 is 28.6 Å². The number of hydrogen-bond donors (Lipinski definition) is 0. The van der Waals surface area contributed by atoms with Crippen molar-refractivity contribution in [3.8, 4) is 0 Å². The second kappa shape index (κ2) is 7.59. The normalized spacial score (nSPS) is 15.5. The summed E-state index contributed by atoms with van der Waals surface area (Å²) >= 11 is 0. The van der Waals surface area contributed by atoms with Gasteiger partial charge in [0.25, 0.3) is 6.85 Å². The molecule has 0 amide bonds. The summed E-state index contributed by atoms with van der Waals surface area (Å²) in [6.45, 7) is 18.9. The Morgan fingerprint density at radius 1 is 1.00 bits per heavy atom. The molecule has 0 aliphatic heterocycles. The van der Waals surface area contributed by atoms with E-state index in [1.807, 2.05) is 0 Å². The second-order valence-electron chi connectivity index (χ2n) is 8.97. The molecule has 0 fully saturated rings. The lowest BCUT2D eigenvalue weighted by Gasteiger charge is -2.41. The lowest BCUT2D eigenvalue weighted by molar-refractivity contribution is 0.620. The van der Waals surface area contributed by atoms with Gasteiger partial charge in [-0.25, -0.2) is 0 Å². The maximum Gasteiger partial charge on any atom is 0.281 e. The summed E-state index contributed by atoms with van der Waals surface area (Å²) in [6, 6.07) is 11.2. The van der Waals surface area contributed by atoms with Crippen LogP contribution in [0.25, 0.3) is 0 Å². The molecule has 130 valence electrons. The zero-order valence-corrected chi connectivity index (χ0v) is 18.7. The van der Waals surface area contributed by atoms with Gasteiger partial charge in [-0.3, -0.25) is 0 Å². The van der Waals surface area contributed by atoms with Gasteiger partial charge >= 0.3 is 0 Å². The zero-order chi connectivity index (χ0) is 18.0. The van der Waals surface area contributed by atoms with Gasteiger partial charge in [0.2, 0.25) is 0 Å². The number of rotatable bonds is 7. The third kappa shape index (κ3) is 4.41. The van der Waals surface area contributed by atoms with Crippen LogP contribution in [0.3, 0.4) is 0 Å². The molecule has 0 heterocycles. The van der Waals surface area contributed by atoms with Gasteiger partial charge in [0, 0.05) is 0 Å². The number of nitrogens with zero attached hydrogens (tertiary/aromatic N) is 1. The Bertz CT molecular complexity index is 609. The summed E-state index contributed by atoms with van der Waals surface area (Å²) in [5.74, 6) is 0. The maximum absolute atomic E-state index is 2.85. The van der Waals surface area contributed by atoms with Crippen molar-refractivity contribution in [3.63, 3.8) is 0 Å². The molecule has 1 aliphatic carbocycles. The van der Waals surface area contributed by atoms with E-state index in [4.69, 9.17) is 0 Å². The minimum absolute atomic E-state index is 0.453. The van der Waals surface area contributed by atoms with Gasteiger partial charge in [-0.2, -0.15) is 0 Å². The largest absolute Gasteiger partial charge is 0.357 e. The highest BCUT2D eigenvalue weighted by atomic mass is 28.3. The Balaban J connectivity index is 2.60. The number of hydrogen-bond acceptors (Lipinski definition) is 1. The Morgan fingerprint density at radius 3 is 2.12 bits per heavy atom. The van der Waals surface area contributed by atoms with Crippen LogP contribution in [0.2, 0.25) is 39.3 Å². The summed E-state index contributed by atoms with van der Waals surface area (Å²) in [5, 5.41) is 1.68. The van der Waals surface area contributed by atoms with Crippen molar-refractivity contribution in [3.05, 3.63) is 53.2 Å². The molecule has 0 unspecified atom stereocenters.